The molecule has 2 N–H and O–H groups in total. The molecule has 0 saturated carbocycles. The number of carbonyl (C=O) groups is 1. The minimum Gasteiger partial charge on any atom is -0.506 e. The van der Waals surface area contributed by atoms with Gasteiger partial charge in [0.15, 0.2) is 0 Å². The van der Waals surface area contributed by atoms with Gasteiger partial charge in [0, 0.05) is 6.42 Å². The highest BCUT2D eigenvalue weighted by atomic mass is 32.2. The smallest absolute Gasteiger partial charge is 0.303 e. The molecular weight excluding hydrogens is 454 g/mol. The number of rotatable bonds is 6. The van der Waals surface area contributed by atoms with Gasteiger partial charge in [-0.1, -0.05) is 39.0 Å². The Morgan fingerprint density at radius 2 is 1.62 bits per heavy atom. The van der Waals surface area contributed by atoms with Crippen molar-refractivity contribution in [2.45, 2.75) is 48.8 Å². The van der Waals surface area contributed by atoms with Crippen LogP contribution in [0.1, 0.15) is 38.3 Å². The number of phenolic OH excluding ortho intramolecular Hbond substituents is 1. The van der Waals surface area contributed by atoms with Crippen molar-refractivity contribution in [2.24, 2.45) is 0 Å². The summed E-state index contributed by atoms with van der Waals surface area (Å²) in [4.78, 5) is 12.7. The van der Waals surface area contributed by atoms with Gasteiger partial charge in [-0.15, -0.1) is 15.0 Å². The molecule has 0 unspecified atom stereocenters. The maximum absolute atomic E-state index is 13.0. The summed E-state index contributed by atoms with van der Waals surface area (Å²) in [7, 11) is -3.72. The molecular formula is C25H25N3O5S. The molecule has 4 rings (SSSR count). The molecule has 0 bridgehead atoms. The summed E-state index contributed by atoms with van der Waals surface area (Å²) in [5.41, 5.74) is 2.39. The van der Waals surface area contributed by atoms with Gasteiger partial charge in [-0.3, -0.25) is 4.79 Å². The van der Waals surface area contributed by atoms with Crippen molar-refractivity contribution >= 4 is 26.8 Å². The Labute approximate surface area is 197 Å². The van der Waals surface area contributed by atoms with Crippen molar-refractivity contribution in [2.75, 3.05) is 0 Å². The second-order valence-electron chi connectivity index (χ2n) is 9.10. The molecule has 0 aliphatic carbocycles. The number of aryl methyl sites for hydroxylation is 1. The average Bonchev–Trinajstić information content (AvgIpc) is 3.21. The zero-order valence-corrected chi connectivity index (χ0v) is 19.9. The van der Waals surface area contributed by atoms with Crippen LogP contribution >= 0.6 is 0 Å². The summed E-state index contributed by atoms with van der Waals surface area (Å²) >= 11 is 0. The van der Waals surface area contributed by atoms with Crippen molar-refractivity contribution in [3.05, 3.63) is 71.8 Å². The molecule has 0 radical (unpaired) electrons. The van der Waals surface area contributed by atoms with Crippen LogP contribution in [0.25, 0.3) is 16.7 Å². The Morgan fingerprint density at radius 1 is 0.941 bits per heavy atom. The van der Waals surface area contributed by atoms with Crippen LogP contribution in [-0.2, 0) is 26.5 Å². The van der Waals surface area contributed by atoms with E-state index in [4.69, 9.17) is 5.11 Å². The number of fused-ring (bicyclic) bond motifs is 1. The summed E-state index contributed by atoms with van der Waals surface area (Å²) in [6, 6.07) is 15.9. The van der Waals surface area contributed by atoms with Gasteiger partial charge in [0.25, 0.3) is 0 Å². The normalized spacial score (nSPS) is 12.2. The molecule has 34 heavy (non-hydrogen) atoms. The van der Waals surface area contributed by atoms with Crippen molar-refractivity contribution < 1.29 is 23.4 Å². The van der Waals surface area contributed by atoms with Crippen LogP contribution < -0.4 is 0 Å². The largest absolute Gasteiger partial charge is 0.506 e. The first-order valence-electron chi connectivity index (χ1n) is 10.7. The summed E-state index contributed by atoms with van der Waals surface area (Å²) in [6.07, 6.45) is 0.234. The van der Waals surface area contributed by atoms with Gasteiger partial charge in [0.2, 0.25) is 9.84 Å². The minimum atomic E-state index is -3.72. The van der Waals surface area contributed by atoms with Crippen LogP contribution in [0.3, 0.4) is 0 Å². The predicted octanol–water partition coefficient (Wildman–Crippen LogP) is 4.27. The quantitative estimate of drug-likeness (QED) is 0.423. The maximum Gasteiger partial charge on any atom is 0.303 e. The molecule has 0 spiro atoms. The third kappa shape index (κ3) is 4.51. The lowest BCUT2D eigenvalue weighted by atomic mass is 9.82. The monoisotopic (exact) mass is 479 g/mol. The van der Waals surface area contributed by atoms with E-state index in [-0.39, 0.29) is 39.5 Å². The molecule has 0 fully saturated rings. The molecule has 0 aliphatic rings. The van der Waals surface area contributed by atoms with Crippen molar-refractivity contribution in [3.8, 4) is 11.4 Å². The van der Waals surface area contributed by atoms with E-state index in [2.05, 4.69) is 10.2 Å². The van der Waals surface area contributed by atoms with E-state index in [1.807, 2.05) is 20.8 Å². The van der Waals surface area contributed by atoms with E-state index < -0.39 is 15.8 Å². The molecule has 0 aliphatic heterocycles. The van der Waals surface area contributed by atoms with Gasteiger partial charge >= 0.3 is 5.97 Å². The number of sulfone groups is 1. The zero-order chi connectivity index (χ0) is 24.7. The number of aromatic hydroxyl groups is 1. The topological polar surface area (TPSA) is 122 Å². The molecule has 4 aromatic rings. The van der Waals surface area contributed by atoms with Gasteiger partial charge in [0.1, 0.15) is 22.5 Å². The van der Waals surface area contributed by atoms with Crippen molar-refractivity contribution in [3.63, 3.8) is 0 Å². The van der Waals surface area contributed by atoms with E-state index in [1.165, 1.54) is 29.1 Å². The highest BCUT2D eigenvalue weighted by Gasteiger charge is 2.23. The number of phenols is 1. The second kappa shape index (κ2) is 8.57. The Kier molecular flexibility index (Phi) is 5.91. The standard InChI is InChI=1S/C25H25N3O5S/c1-25(2,3)19-15-23(29)22(13-16(19)9-12-24(30)31)28-26-20-11-10-18(14-21(20)27-28)34(32,33)17-7-5-4-6-8-17/h4-8,10-11,13-15,29H,9,12H2,1-3H3,(H,30,31). The average molecular weight is 480 g/mol. The molecule has 1 aromatic heterocycles. The molecule has 8 nitrogen and oxygen atoms in total. The SMILES string of the molecule is CC(C)(C)c1cc(O)c(-n2nc3ccc(S(=O)(=O)c4ccccc4)cc3n2)cc1CCC(=O)O. The minimum absolute atomic E-state index is 0.0531. The first-order chi connectivity index (χ1) is 16.0. The summed E-state index contributed by atoms with van der Waals surface area (Å²) in [6.45, 7) is 5.96. The lowest BCUT2D eigenvalue weighted by Crippen LogP contribution is -2.16. The number of benzene rings is 3. The van der Waals surface area contributed by atoms with E-state index >= 15 is 0 Å². The van der Waals surface area contributed by atoms with Crippen LogP contribution in [0.2, 0.25) is 0 Å². The van der Waals surface area contributed by atoms with Gasteiger partial charge in [-0.2, -0.15) is 0 Å². The fourth-order valence-electron chi connectivity index (χ4n) is 3.83. The summed E-state index contributed by atoms with van der Waals surface area (Å²) in [5.74, 6) is -0.967. The van der Waals surface area contributed by atoms with Gasteiger partial charge in [-0.25, -0.2) is 8.42 Å². The maximum atomic E-state index is 13.0. The zero-order valence-electron chi connectivity index (χ0n) is 19.1. The number of carboxylic acid groups (broad SMARTS) is 1. The molecule has 176 valence electrons. The summed E-state index contributed by atoms with van der Waals surface area (Å²) in [5, 5.41) is 28.7. The Morgan fingerprint density at radius 3 is 2.26 bits per heavy atom. The van der Waals surface area contributed by atoms with Crippen LogP contribution in [0.15, 0.2) is 70.5 Å². The third-order valence-electron chi connectivity index (χ3n) is 5.55. The molecule has 9 heteroatoms. The van der Waals surface area contributed by atoms with E-state index in [9.17, 15) is 18.3 Å². The van der Waals surface area contributed by atoms with Crippen molar-refractivity contribution in [1.82, 2.24) is 15.0 Å². The van der Waals surface area contributed by atoms with Gasteiger partial charge in [-0.05, 0) is 65.4 Å². The molecule has 3 aromatic carbocycles. The number of aromatic nitrogens is 3. The number of hydrogen-bond acceptors (Lipinski definition) is 6. The van der Waals surface area contributed by atoms with Crippen LogP contribution in [0, 0.1) is 0 Å². The van der Waals surface area contributed by atoms with E-state index in [0.29, 0.717) is 11.0 Å². The third-order valence-corrected chi connectivity index (χ3v) is 7.31. The predicted molar refractivity (Wildman–Crippen MR) is 127 cm³/mol. The van der Waals surface area contributed by atoms with Crippen LogP contribution in [0.5, 0.6) is 5.75 Å². The molecule has 0 amide bonds. The first kappa shape index (κ1) is 23.4. The van der Waals surface area contributed by atoms with E-state index in [1.54, 1.807) is 36.4 Å². The fraction of sp³-hybridized carbons (Fsp3) is 0.240. The van der Waals surface area contributed by atoms with Gasteiger partial charge < -0.3 is 10.2 Å². The first-order valence-corrected chi connectivity index (χ1v) is 12.2. The van der Waals surface area contributed by atoms with E-state index in [0.717, 1.165) is 11.1 Å². The molecule has 0 saturated heterocycles. The second-order valence-corrected chi connectivity index (χ2v) is 11.0. The fourth-order valence-corrected chi connectivity index (χ4v) is 5.13. The van der Waals surface area contributed by atoms with Crippen LogP contribution in [0.4, 0.5) is 0 Å². The van der Waals surface area contributed by atoms with Crippen molar-refractivity contribution in [1.29, 1.82) is 0 Å². The highest BCUT2D eigenvalue weighted by Crippen LogP contribution is 2.34. The lowest BCUT2D eigenvalue weighted by molar-refractivity contribution is -0.136. The number of carboxylic acids is 1. The Balaban J connectivity index is 1.79. The Hall–Kier alpha value is -3.72. The number of nitrogens with zero attached hydrogens (tertiary/aromatic N) is 3. The summed E-state index contributed by atoms with van der Waals surface area (Å²) < 4.78 is 25.9. The Bertz CT molecular complexity index is 1490. The van der Waals surface area contributed by atoms with Crippen LogP contribution in [-0.4, -0.2) is 39.6 Å². The molecule has 0 atom stereocenters. The molecule has 1 heterocycles. The lowest BCUT2D eigenvalue weighted by Gasteiger charge is -2.24. The number of aliphatic carboxylic acids is 1. The number of hydrogen-bond donors (Lipinski definition) is 2. The highest BCUT2D eigenvalue weighted by molar-refractivity contribution is 7.91. The van der Waals surface area contributed by atoms with Gasteiger partial charge in [0.05, 0.1) is 9.79 Å².